The zero-order valence-electron chi connectivity index (χ0n) is 14.7. The summed E-state index contributed by atoms with van der Waals surface area (Å²) in [5.74, 6) is -2.63. The number of β-lactam (4-membered cyclic amide) rings is 1. The third-order valence-corrected chi connectivity index (χ3v) is 6.55. The van der Waals surface area contributed by atoms with Gasteiger partial charge in [-0.3, -0.25) is 19.3 Å². The molecule has 0 spiro atoms. The Balaban J connectivity index is 1.85. The molecule has 2 atom stereocenters. The Hall–Kier alpha value is -3.06. The zero-order chi connectivity index (χ0) is 21.2. The van der Waals surface area contributed by atoms with Crippen LogP contribution in [0.25, 0.3) is 0 Å². The lowest BCUT2D eigenvalue weighted by molar-refractivity contribution is -0.162. The summed E-state index contributed by atoms with van der Waals surface area (Å²) in [7, 11) is 0. The van der Waals surface area contributed by atoms with E-state index < -0.39 is 34.9 Å². The summed E-state index contributed by atoms with van der Waals surface area (Å²) >= 11 is 2.48. The van der Waals surface area contributed by atoms with Crippen LogP contribution in [-0.4, -0.2) is 63.7 Å². The Morgan fingerprint density at radius 3 is 2.79 bits per heavy atom. The minimum Gasteiger partial charge on any atom is -0.477 e. The number of thioether (sulfide) groups is 1. The molecule has 29 heavy (non-hydrogen) atoms. The van der Waals surface area contributed by atoms with Crippen LogP contribution in [0.15, 0.2) is 28.8 Å². The maximum absolute atomic E-state index is 12.9. The zero-order valence-corrected chi connectivity index (χ0v) is 16.4. The lowest BCUT2D eigenvalue weighted by Crippen LogP contribution is -2.85. The number of primary amides is 1. The molecule has 2 aliphatic rings. The Morgan fingerprint density at radius 2 is 2.21 bits per heavy atom. The van der Waals surface area contributed by atoms with Crippen molar-refractivity contribution in [2.45, 2.75) is 17.5 Å². The highest BCUT2D eigenvalue weighted by molar-refractivity contribution is 8.00. The Bertz CT molecular complexity index is 901. The fraction of sp³-hybridized carbons (Fsp3) is 0.312. The summed E-state index contributed by atoms with van der Waals surface area (Å²) in [6, 6.07) is 3.53. The summed E-state index contributed by atoms with van der Waals surface area (Å²) in [5, 5.41) is 15.4. The lowest BCUT2D eigenvalue weighted by Gasteiger charge is -2.56. The van der Waals surface area contributed by atoms with Gasteiger partial charge in [0.25, 0.3) is 5.91 Å². The molecule has 1 saturated heterocycles. The number of hydrogen-bond acceptors (Lipinski definition) is 8. The van der Waals surface area contributed by atoms with Crippen LogP contribution in [0, 0.1) is 0 Å². The third kappa shape index (κ3) is 3.78. The molecule has 5 N–H and O–H groups in total. The van der Waals surface area contributed by atoms with Gasteiger partial charge in [0.2, 0.25) is 18.0 Å². The second-order valence-electron chi connectivity index (χ2n) is 6.08. The standard InChI is InChI=1S/C16H16N4O7S2/c17-15(26)27-5-8-6-29-14-16(18-7-21,13(25)20(14)11(8)12(23)24)19-10(22)4-9-2-1-3-28-9/h1-3,7,14H,4-6H2,(H2,17,26)(H,18,21)(H,19,22)(H,23,24)/t14-,16+/m0/s1. The van der Waals surface area contributed by atoms with Crippen LogP contribution in [0.4, 0.5) is 4.79 Å². The minimum absolute atomic E-state index is 0.00392. The van der Waals surface area contributed by atoms with Crippen molar-refractivity contribution in [2.75, 3.05) is 12.4 Å². The number of carboxylic acids is 1. The van der Waals surface area contributed by atoms with E-state index in [0.717, 1.165) is 21.5 Å². The first-order chi connectivity index (χ1) is 13.8. The SMILES string of the molecule is NC(=O)OCC1=C(C(=O)O)N2C(=O)[C@@](NC=O)(NC(=O)Cc3cccs3)[C@@H]2SC1. The van der Waals surface area contributed by atoms with Crippen molar-refractivity contribution < 1.29 is 33.8 Å². The first-order valence-electron chi connectivity index (χ1n) is 8.17. The number of nitrogens with two attached hydrogens (primary N) is 1. The first-order valence-corrected chi connectivity index (χ1v) is 10.1. The molecule has 0 saturated carbocycles. The van der Waals surface area contributed by atoms with Crippen LogP contribution >= 0.6 is 23.1 Å². The second-order valence-corrected chi connectivity index (χ2v) is 8.18. The number of ether oxygens (including phenoxy) is 1. The van der Waals surface area contributed by atoms with Crippen LogP contribution in [-0.2, 0) is 30.3 Å². The predicted molar refractivity (Wildman–Crippen MR) is 101 cm³/mol. The van der Waals surface area contributed by atoms with E-state index in [2.05, 4.69) is 15.4 Å². The largest absolute Gasteiger partial charge is 0.477 e. The highest BCUT2D eigenvalue weighted by Crippen LogP contribution is 2.45. The molecule has 154 valence electrons. The van der Waals surface area contributed by atoms with Crippen molar-refractivity contribution >= 4 is 53.4 Å². The fourth-order valence-corrected chi connectivity index (χ4v) is 5.21. The molecule has 3 heterocycles. The van der Waals surface area contributed by atoms with Gasteiger partial charge in [-0.2, -0.15) is 0 Å². The number of nitrogens with one attached hydrogen (secondary N) is 2. The van der Waals surface area contributed by atoms with E-state index in [1.165, 1.54) is 11.3 Å². The van der Waals surface area contributed by atoms with Crippen molar-refractivity contribution in [3.63, 3.8) is 0 Å². The van der Waals surface area contributed by atoms with Crippen molar-refractivity contribution in [3.05, 3.63) is 33.7 Å². The van der Waals surface area contributed by atoms with E-state index in [1.807, 2.05) is 0 Å². The molecule has 3 rings (SSSR count). The number of amides is 4. The van der Waals surface area contributed by atoms with Crippen LogP contribution < -0.4 is 16.4 Å². The molecule has 0 bridgehead atoms. The van der Waals surface area contributed by atoms with Crippen molar-refractivity contribution in [2.24, 2.45) is 5.73 Å². The van der Waals surface area contributed by atoms with Gasteiger partial charge in [0.1, 0.15) is 17.7 Å². The summed E-state index contributed by atoms with van der Waals surface area (Å²) in [6.07, 6.45) is -0.803. The van der Waals surface area contributed by atoms with Gasteiger partial charge < -0.3 is 26.2 Å². The molecule has 2 aliphatic heterocycles. The molecule has 0 aliphatic carbocycles. The third-order valence-electron chi connectivity index (χ3n) is 4.28. The average Bonchev–Trinajstić information content (AvgIpc) is 3.17. The maximum Gasteiger partial charge on any atom is 0.404 e. The number of carbonyl (C=O) groups is 5. The number of nitrogens with zero attached hydrogens (tertiary/aromatic N) is 1. The number of thiophene rings is 1. The van der Waals surface area contributed by atoms with Crippen LogP contribution in [0.3, 0.4) is 0 Å². The second kappa shape index (κ2) is 8.13. The topological polar surface area (TPSA) is 168 Å². The first kappa shape index (κ1) is 20.7. The van der Waals surface area contributed by atoms with E-state index >= 15 is 0 Å². The average molecular weight is 440 g/mol. The van der Waals surface area contributed by atoms with Gasteiger partial charge in [-0.15, -0.1) is 23.1 Å². The molecule has 0 aromatic carbocycles. The molecule has 1 aromatic heterocycles. The lowest BCUT2D eigenvalue weighted by atomic mass is 9.94. The number of fused-ring (bicyclic) bond motifs is 1. The predicted octanol–water partition coefficient (Wildman–Crippen LogP) is -0.802. The van der Waals surface area contributed by atoms with Gasteiger partial charge in [-0.1, -0.05) is 6.07 Å². The van der Waals surface area contributed by atoms with Crippen molar-refractivity contribution in [3.8, 4) is 0 Å². The smallest absolute Gasteiger partial charge is 0.404 e. The van der Waals surface area contributed by atoms with Gasteiger partial charge in [-0.25, -0.2) is 9.59 Å². The molecule has 13 heteroatoms. The monoisotopic (exact) mass is 440 g/mol. The van der Waals surface area contributed by atoms with E-state index in [9.17, 15) is 29.1 Å². The number of carboxylic acid groups (broad SMARTS) is 1. The van der Waals surface area contributed by atoms with Crippen molar-refractivity contribution in [1.29, 1.82) is 0 Å². The van der Waals surface area contributed by atoms with Gasteiger partial charge >= 0.3 is 12.1 Å². The maximum atomic E-state index is 12.9. The molecular weight excluding hydrogens is 424 g/mol. The van der Waals surface area contributed by atoms with E-state index in [0.29, 0.717) is 0 Å². The van der Waals surface area contributed by atoms with Gasteiger partial charge in [-0.05, 0) is 11.4 Å². The normalized spacial score (nSPS) is 23.0. The molecule has 11 nitrogen and oxygen atoms in total. The minimum atomic E-state index is -1.77. The van der Waals surface area contributed by atoms with E-state index in [4.69, 9.17) is 5.73 Å². The van der Waals surface area contributed by atoms with Gasteiger partial charge in [0.05, 0.1) is 6.42 Å². The fourth-order valence-electron chi connectivity index (χ4n) is 3.10. The van der Waals surface area contributed by atoms with Gasteiger partial charge in [0.15, 0.2) is 0 Å². The summed E-state index contributed by atoms with van der Waals surface area (Å²) in [4.78, 5) is 60.8. The Kier molecular flexibility index (Phi) is 5.79. The highest BCUT2D eigenvalue weighted by Gasteiger charge is 2.66. The van der Waals surface area contributed by atoms with Gasteiger partial charge in [0, 0.05) is 16.2 Å². The molecule has 0 radical (unpaired) electrons. The molecule has 1 fully saturated rings. The number of hydrogen-bond donors (Lipinski definition) is 4. The quantitative estimate of drug-likeness (QED) is 0.231. The van der Waals surface area contributed by atoms with Crippen LogP contribution in [0.5, 0.6) is 0 Å². The van der Waals surface area contributed by atoms with E-state index in [1.54, 1.807) is 17.5 Å². The number of carbonyl (C=O) groups excluding carboxylic acids is 4. The summed E-state index contributed by atoms with van der Waals surface area (Å²) < 4.78 is 4.65. The number of aliphatic carboxylic acids is 1. The molecular formula is C16H16N4O7S2. The van der Waals surface area contributed by atoms with Crippen LogP contribution in [0.2, 0.25) is 0 Å². The van der Waals surface area contributed by atoms with Crippen LogP contribution in [0.1, 0.15) is 4.88 Å². The van der Waals surface area contributed by atoms with Crippen molar-refractivity contribution in [1.82, 2.24) is 15.5 Å². The highest BCUT2D eigenvalue weighted by atomic mass is 32.2. The summed E-state index contributed by atoms with van der Waals surface area (Å²) in [5.41, 5.74) is 2.96. The molecule has 1 aromatic rings. The molecule has 0 unspecified atom stereocenters. The summed E-state index contributed by atoms with van der Waals surface area (Å²) in [6.45, 7) is -0.390. The molecule has 4 amide bonds. The number of rotatable bonds is 8. The Labute approximate surface area is 172 Å². The van der Waals surface area contributed by atoms with E-state index in [-0.39, 0.29) is 36.5 Å². The Morgan fingerprint density at radius 1 is 1.45 bits per heavy atom.